The highest BCUT2D eigenvalue weighted by molar-refractivity contribution is 5.48. The average Bonchev–Trinajstić information content (AvgIpc) is 2.63. The molecule has 1 heterocycles. The minimum atomic E-state index is 0.623. The van der Waals surface area contributed by atoms with Crippen LogP contribution in [0, 0.1) is 0 Å². The minimum absolute atomic E-state index is 0.623. The normalized spacial score (nSPS) is 17.4. The largest absolute Gasteiger partial charge is 0.300 e. The molecule has 1 fully saturated rings. The molecule has 2 aromatic carbocycles. The zero-order valence-corrected chi connectivity index (χ0v) is 13.9. The summed E-state index contributed by atoms with van der Waals surface area (Å²) in [5, 5.41) is 0. The molecule has 0 aliphatic carbocycles. The summed E-state index contributed by atoms with van der Waals surface area (Å²) in [4.78, 5) is 2.70. The van der Waals surface area contributed by atoms with Gasteiger partial charge in [-0.2, -0.15) is 0 Å². The van der Waals surface area contributed by atoms with Crippen LogP contribution in [0.1, 0.15) is 36.8 Å². The van der Waals surface area contributed by atoms with Crippen molar-refractivity contribution < 1.29 is 0 Å². The predicted octanol–water partition coefficient (Wildman–Crippen LogP) is 5.19. The fourth-order valence-corrected chi connectivity index (χ4v) is 3.46. The first-order valence-corrected chi connectivity index (χ1v) is 8.91. The van der Waals surface area contributed by atoms with Crippen molar-refractivity contribution in [1.82, 2.24) is 4.90 Å². The Balaban J connectivity index is 1.65. The van der Waals surface area contributed by atoms with Crippen molar-refractivity contribution >= 4 is 6.08 Å². The number of nitrogens with zero attached hydrogens (tertiary/aromatic N) is 1. The Labute approximate surface area is 140 Å². The second-order valence-corrected chi connectivity index (χ2v) is 6.49. The molecular weight excluding hydrogens is 278 g/mol. The Morgan fingerprint density at radius 3 is 2.17 bits per heavy atom. The average molecular weight is 305 g/mol. The number of hydrogen-bond donors (Lipinski definition) is 0. The lowest BCUT2D eigenvalue weighted by Crippen LogP contribution is -2.40. The van der Waals surface area contributed by atoms with Crippen molar-refractivity contribution in [3.8, 4) is 0 Å². The lowest BCUT2D eigenvalue weighted by atomic mass is 9.98. The van der Waals surface area contributed by atoms with E-state index in [1.54, 1.807) is 0 Å². The molecule has 1 heteroatoms. The standard InChI is InChI=1S/C22H27N/c1-4-11-20(12-5-1)15-10-16-22(23-17-8-3-9-18-23)19-21-13-6-2-7-14-21/h1-2,4-7,10-15,22H,3,8-9,16-19H2/b15-10+. The molecule has 0 aromatic heterocycles. The number of piperidine rings is 1. The highest BCUT2D eigenvalue weighted by atomic mass is 15.2. The van der Waals surface area contributed by atoms with E-state index in [0.717, 1.165) is 12.8 Å². The number of hydrogen-bond acceptors (Lipinski definition) is 1. The third-order valence-corrected chi connectivity index (χ3v) is 4.74. The van der Waals surface area contributed by atoms with E-state index in [0.29, 0.717) is 6.04 Å². The van der Waals surface area contributed by atoms with Gasteiger partial charge in [0.15, 0.2) is 0 Å². The maximum absolute atomic E-state index is 2.70. The van der Waals surface area contributed by atoms with Gasteiger partial charge >= 0.3 is 0 Å². The second kappa shape index (κ2) is 8.69. The van der Waals surface area contributed by atoms with Gasteiger partial charge in [-0.3, -0.25) is 4.90 Å². The summed E-state index contributed by atoms with van der Waals surface area (Å²) in [5.74, 6) is 0. The number of likely N-dealkylation sites (tertiary alicyclic amines) is 1. The molecule has 1 aliphatic heterocycles. The van der Waals surface area contributed by atoms with Crippen LogP contribution in [0.5, 0.6) is 0 Å². The van der Waals surface area contributed by atoms with Gasteiger partial charge < -0.3 is 0 Å². The summed E-state index contributed by atoms with van der Waals surface area (Å²) in [6, 6.07) is 22.2. The van der Waals surface area contributed by atoms with Gasteiger partial charge in [-0.25, -0.2) is 0 Å². The van der Waals surface area contributed by atoms with Crippen molar-refractivity contribution in [2.75, 3.05) is 13.1 Å². The van der Waals surface area contributed by atoms with Crippen LogP contribution in [0.4, 0.5) is 0 Å². The summed E-state index contributed by atoms with van der Waals surface area (Å²) in [6.07, 6.45) is 11.0. The monoisotopic (exact) mass is 305 g/mol. The summed E-state index contributed by atoms with van der Waals surface area (Å²) in [6.45, 7) is 2.52. The summed E-state index contributed by atoms with van der Waals surface area (Å²) in [5.41, 5.74) is 2.75. The Hall–Kier alpha value is -1.86. The predicted molar refractivity (Wildman–Crippen MR) is 99.5 cm³/mol. The maximum atomic E-state index is 2.70. The van der Waals surface area contributed by atoms with E-state index < -0.39 is 0 Å². The SMILES string of the molecule is C(=C\c1ccccc1)/CC(Cc1ccccc1)N1CCCCC1. The van der Waals surface area contributed by atoms with Crippen LogP contribution < -0.4 is 0 Å². The molecule has 0 amide bonds. The highest BCUT2D eigenvalue weighted by Gasteiger charge is 2.19. The Morgan fingerprint density at radius 2 is 1.48 bits per heavy atom. The van der Waals surface area contributed by atoms with E-state index >= 15 is 0 Å². The molecule has 0 spiro atoms. The Morgan fingerprint density at radius 1 is 0.826 bits per heavy atom. The van der Waals surface area contributed by atoms with E-state index in [-0.39, 0.29) is 0 Å². The molecule has 2 aromatic rings. The third-order valence-electron chi connectivity index (χ3n) is 4.74. The summed E-state index contributed by atoms with van der Waals surface area (Å²) >= 11 is 0. The lowest BCUT2D eigenvalue weighted by molar-refractivity contribution is 0.162. The van der Waals surface area contributed by atoms with Crippen LogP contribution in [-0.2, 0) is 6.42 Å². The van der Waals surface area contributed by atoms with Crippen molar-refractivity contribution in [3.63, 3.8) is 0 Å². The fourth-order valence-electron chi connectivity index (χ4n) is 3.46. The van der Waals surface area contributed by atoms with Gasteiger partial charge in [-0.15, -0.1) is 0 Å². The van der Waals surface area contributed by atoms with Gasteiger partial charge in [0.25, 0.3) is 0 Å². The first-order chi connectivity index (χ1) is 11.4. The molecule has 0 saturated carbocycles. The summed E-state index contributed by atoms with van der Waals surface area (Å²) < 4.78 is 0. The second-order valence-electron chi connectivity index (χ2n) is 6.49. The van der Waals surface area contributed by atoms with Crippen molar-refractivity contribution in [2.24, 2.45) is 0 Å². The molecule has 0 radical (unpaired) electrons. The van der Waals surface area contributed by atoms with Crippen molar-refractivity contribution in [2.45, 2.75) is 38.1 Å². The van der Waals surface area contributed by atoms with E-state index in [2.05, 4.69) is 77.7 Å². The number of rotatable bonds is 6. The molecule has 23 heavy (non-hydrogen) atoms. The Kier molecular flexibility index (Phi) is 6.05. The van der Waals surface area contributed by atoms with Crippen LogP contribution in [0.25, 0.3) is 6.08 Å². The van der Waals surface area contributed by atoms with E-state index in [1.165, 1.54) is 43.5 Å². The first kappa shape index (κ1) is 16.0. The third kappa shape index (κ3) is 5.07. The van der Waals surface area contributed by atoms with E-state index in [1.807, 2.05) is 0 Å². The molecule has 1 saturated heterocycles. The molecule has 3 rings (SSSR count). The van der Waals surface area contributed by atoms with E-state index in [9.17, 15) is 0 Å². The molecule has 1 aliphatic rings. The zero-order valence-electron chi connectivity index (χ0n) is 13.9. The van der Waals surface area contributed by atoms with Crippen LogP contribution in [0.15, 0.2) is 66.7 Å². The quantitative estimate of drug-likeness (QED) is 0.710. The van der Waals surface area contributed by atoms with Crippen LogP contribution in [0.3, 0.4) is 0 Å². The fraction of sp³-hybridized carbons (Fsp3) is 0.364. The van der Waals surface area contributed by atoms with Crippen molar-refractivity contribution in [1.29, 1.82) is 0 Å². The Bertz CT molecular complexity index is 582. The van der Waals surface area contributed by atoms with Gasteiger partial charge in [0.2, 0.25) is 0 Å². The molecule has 1 unspecified atom stereocenters. The molecule has 0 N–H and O–H groups in total. The van der Waals surface area contributed by atoms with Gasteiger partial charge in [0.05, 0.1) is 0 Å². The zero-order chi connectivity index (χ0) is 15.7. The number of benzene rings is 2. The van der Waals surface area contributed by atoms with Crippen LogP contribution in [-0.4, -0.2) is 24.0 Å². The molecule has 0 bridgehead atoms. The van der Waals surface area contributed by atoms with Gasteiger partial charge in [0.1, 0.15) is 0 Å². The summed E-state index contributed by atoms with van der Waals surface area (Å²) in [7, 11) is 0. The molecule has 120 valence electrons. The van der Waals surface area contributed by atoms with Crippen LogP contribution >= 0.6 is 0 Å². The van der Waals surface area contributed by atoms with Crippen molar-refractivity contribution in [3.05, 3.63) is 77.9 Å². The van der Waals surface area contributed by atoms with E-state index in [4.69, 9.17) is 0 Å². The highest BCUT2D eigenvalue weighted by Crippen LogP contribution is 2.19. The van der Waals surface area contributed by atoms with Gasteiger partial charge in [-0.05, 0) is 49.9 Å². The lowest BCUT2D eigenvalue weighted by Gasteiger charge is -2.34. The molecule has 1 atom stereocenters. The maximum Gasteiger partial charge on any atom is 0.0170 e. The minimum Gasteiger partial charge on any atom is -0.300 e. The topological polar surface area (TPSA) is 3.24 Å². The molecular formula is C22H27N. The molecule has 1 nitrogen and oxygen atoms in total. The van der Waals surface area contributed by atoms with Crippen LogP contribution in [0.2, 0.25) is 0 Å². The van der Waals surface area contributed by atoms with Gasteiger partial charge in [-0.1, -0.05) is 79.2 Å². The smallest absolute Gasteiger partial charge is 0.0170 e. The first-order valence-electron chi connectivity index (χ1n) is 8.91. The van der Waals surface area contributed by atoms with Gasteiger partial charge in [0, 0.05) is 6.04 Å².